The van der Waals surface area contributed by atoms with Crippen LogP contribution in [0.4, 0.5) is 10.1 Å². The number of anilines is 1. The molecule has 0 radical (unpaired) electrons. The van der Waals surface area contributed by atoms with Crippen LogP contribution in [0.15, 0.2) is 18.2 Å². The van der Waals surface area contributed by atoms with E-state index in [9.17, 15) is 9.18 Å². The number of hydrogen-bond donors (Lipinski definition) is 2. The van der Waals surface area contributed by atoms with Crippen molar-refractivity contribution in [2.45, 2.75) is 27.2 Å². The van der Waals surface area contributed by atoms with Crippen molar-refractivity contribution >= 4 is 23.2 Å². The molecule has 1 amide bonds. The first kappa shape index (κ1) is 15.9. The van der Waals surface area contributed by atoms with Gasteiger partial charge in [0.25, 0.3) is 0 Å². The number of nitrogens with one attached hydrogen (secondary N) is 1. The summed E-state index contributed by atoms with van der Waals surface area (Å²) < 4.78 is 12.9. The fourth-order valence-corrected chi connectivity index (χ4v) is 2.06. The Balaban J connectivity index is 2.77. The molecule has 1 aromatic rings. The lowest BCUT2D eigenvalue weighted by atomic mass is 9.84. The Morgan fingerprint density at radius 1 is 1.47 bits per heavy atom. The number of halogens is 2. The van der Waals surface area contributed by atoms with E-state index in [-0.39, 0.29) is 28.8 Å². The molecule has 0 saturated carbocycles. The van der Waals surface area contributed by atoms with Crippen molar-refractivity contribution < 1.29 is 9.18 Å². The van der Waals surface area contributed by atoms with Gasteiger partial charge in [0, 0.05) is 6.54 Å². The molecule has 0 fully saturated rings. The molecule has 0 aromatic heterocycles. The highest BCUT2D eigenvalue weighted by atomic mass is 35.5. The smallest absolute Gasteiger partial charge is 0.228 e. The first-order valence-electron chi connectivity index (χ1n) is 6.19. The fourth-order valence-electron chi connectivity index (χ4n) is 1.85. The molecule has 3 nitrogen and oxygen atoms in total. The second-order valence-corrected chi connectivity index (χ2v) is 6.22. The molecule has 0 saturated heterocycles. The Labute approximate surface area is 118 Å². The Bertz CT molecular complexity index is 457. The summed E-state index contributed by atoms with van der Waals surface area (Å²) in [6.45, 7) is 6.41. The molecule has 0 bridgehead atoms. The van der Waals surface area contributed by atoms with Gasteiger partial charge in [-0.1, -0.05) is 32.4 Å². The van der Waals surface area contributed by atoms with Gasteiger partial charge in [0.2, 0.25) is 5.91 Å². The van der Waals surface area contributed by atoms with Crippen LogP contribution in [0.5, 0.6) is 0 Å². The number of benzene rings is 1. The van der Waals surface area contributed by atoms with Crippen LogP contribution in [0, 0.1) is 17.2 Å². The van der Waals surface area contributed by atoms with Crippen molar-refractivity contribution in [2.75, 3.05) is 11.9 Å². The predicted octanol–water partition coefficient (Wildman–Crippen LogP) is 3.43. The normalized spacial score (nSPS) is 13.2. The van der Waals surface area contributed by atoms with E-state index in [2.05, 4.69) is 5.32 Å². The number of hydrogen-bond acceptors (Lipinski definition) is 2. The third-order valence-electron chi connectivity index (χ3n) is 2.70. The number of rotatable bonds is 4. The molecule has 1 atom stereocenters. The monoisotopic (exact) mass is 286 g/mol. The van der Waals surface area contributed by atoms with Crippen molar-refractivity contribution in [1.82, 2.24) is 0 Å². The molecule has 0 aliphatic carbocycles. The van der Waals surface area contributed by atoms with E-state index < -0.39 is 5.82 Å². The molecular formula is C14H20ClFN2O. The van der Waals surface area contributed by atoms with Gasteiger partial charge in [0.15, 0.2) is 0 Å². The zero-order chi connectivity index (χ0) is 14.6. The summed E-state index contributed by atoms with van der Waals surface area (Å²) in [4.78, 5) is 12.1. The maximum absolute atomic E-state index is 12.9. The summed E-state index contributed by atoms with van der Waals surface area (Å²) >= 11 is 5.87. The van der Waals surface area contributed by atoms with Crippen LogP contribution in [0.1, 0.15) is 27.2 Å². The molecule has 1 rings (SSSR count). The van der Waals surface area contributed by atoms with Gasteiger partial charge in [0.1, 0.15) is 5.82 Å². The summed E-state index contributed by atoms with van der Waals surface area (Å²) in [7, 11) is 0. The van der Waals surface area contributed by atoms with Gasteiger partial charge in [-0.2, -0.15) is 0 Å². The number of nitrogens with two attached hydrogens (primary N) is 1. The average molecular weight is 287 g/mol. The molecule has 0 heterocycles. The molecule has 106 valence electrons. The third kappa shape index (κ3) is 5.17. The topological polar surface area (TPSA) is 55.1 Å². The second kappa shape index (κ2) is 6.35. The van der Waals surface area contributed by atoms with Crippen molar-refractivity contribution in [3.63, 3.8) is 0 Å². The van der Waals surface area contributed by atoms with Gasteiger partial charge in [-0.25, -0.2) is 4.39 Å². The van der Waals surface area contributed by atoms with E-state index >= 15 is 0 Å². The van der Waals surface area contributed by atoms with Crippen molar-refractivity contribution in [1.29, 1.82) is 0 Å². The van der Waals surface area contributed by atoms with E-state index in [1.54, 1.807) is 0 Å². The van der Waals surface area contributed by atoms with Crippen molar-refractivity contribution in [2.24, 2.45) is 17.1 Å². The van der Waals surface area contributed by atoms with Gasteiger partial charge in [-0.15, -0.1) is 0 Å². The molecule has 1 unspecified atom stereocenters. The number of carbonyl (C=O) groups excluding carboxylic acids is 1. The van der Waals surface area contributed by atoms with Crippen LogP contribution in [-0.2, 0) is 4.79 Å². The van der Waals surface area contributed by atoms with E-state index in [1.807, 2.05) is 20.8 Å². The zero-order valence-corrected chi connectivity index (χ0v) is 12.2. The average Bonchev–Trinajstić information content (AvgIpc) is 2.28. The highest BCUT2D eigenvalue weighted by Gasteiger charge is 2.24. The highest BCUT2D eigenvalue weighted by molar-refractivity contribution is 6.33. The molecule has 1 aromatic carbocycles. The van der Waals surface area contributed by atoms with Gasteiger partial charge in [-0.05, 0) is 30.0 Å². The summed E-state index contributed by atoms with van der Waals surface area (Å²) in [5, 5.41) is 2.87. The first-order valence-corrected chi connectivity index (χ1v) is 6.57. The standard InChI is InChI=1S/C14H20ClFN2O/c1-14(2,3)7-9(8-17)13(19)18-12-5-4-10(16)6-11(12)15/h4-6,9H,7-8,17H2,1-3H3,(H,18,19). The van der Waals surface area contributed by atoms with Crippen LogP contribution < -0.4 is 11.1 Å². The van der Waals surface area contributed by atoms with Gasteiger partial charge in [0.05, 0.1) is 16.6 Å². The summed E-state index contributed by atoms with van der Waals surface area (Å²) in [5.41, 5.74) is 6.05. The predicted molar refractivity (Wildman–Crippen MR) is 76.7 cm³/mol. The Hall–Kier alpha value is -1.13. The van der Waals surface area contributed by atoms with Crippen molar-refractivity contribution in [3.8, 4) is 0 Å². The van der Waals surface area contributed by atoms with E-state index in [1.165, 1.54) is 18.2 Å². The molecule has 3 N–H and O–H groups in total. The molecule has 5 heteroatoms. The van der Waals surface area contributed by atoms with Gasteiger partial charge in [-0.3, -0.25) is 4.79 Å². The first-order chi connectivity index (χ1) is 8.73. The van der Waals surface area contributed by atoms with Crippen LogP contribution >= 0.6 is 11.6 Å². The van der Waals surface area contributed by atoms with Crippen LogP contribution in [-0.4, -0.2) is 12.5 Å². The number of carbonyl (C=O) groups is 1. The summed E-state index contributed by atoms with van der Waals surface area (Å²) in [6, 6.07) is 3.86. The Morgan fingerprint density at radius 3 is 2.58 bits per heavy atom. The lowest BCUT2D eigenvalue weighted by Gasteiger charge is -2.24. The summed E-state index contributed by atoms with van der Waals surface area (Å²) in [6.07, 6.45) is 0.675. The highest BCUT2D eigenvalue weighted by Crippen LogP contribution is 2.27. The molecule has 0 aliphatic heterocycles. The Kier molecular flexibility index (Phi) is 5.32. The van der Waals surface area contributed by atoms with E-state index in [4.69, 9.17) is 17.3 Å². The minimum Gasteiger partial charge on any atom is -0.330 e. The SMILES string of the molecule is CC(C)(C)CC(CN)C(=O)Nc1ccc(F)cc1Cl. The molecular weight excluding hydrogens is 267 g/mol. The lowest BCUT2D eigenvalue weighted by Crippen LogP contribution is -2.32. The Morgan fingerprint density at radius 2 is 2.11 bits per heavy atom. The summed E-state index contributed by atoms with van der Waals surface area (Å²) in [5.74, 6) is -0.917. The van der Waals surface area contributed by atoms with E-state index in [0.29, 0.717) is 12.1 Å². The largest absolute Gasteiger partial charge is 0.330 e. The quantitative estimate of drug-likeness (QED) is 0.891. The van der Waals surface area contributed by atoms with Crippen LogP contribution in [0.25, 0.3) is 0 Å². The fraction of sp³-hybridized carbons (Fsp3) is 0.500. The van der Waals surface area contributed by atoms with Crippen molar-refractivity contribution in [3.05, 3.63) is 29.0 Å². The van der Waals surface area contributed by atoms with Gasteiger partial charge >= 0.3 is 0 Å². The molecule has 0 aliphatic rings. The maximum Gasteiger partial charge on any atom is 0.228 e. The third-order valence-corrected chi connectivity index (χ3v) is 3.02. The lowest BCUT2D eigenvalue weighted by molar-refractivity contribution is -0.120. The number of amides is 1. The second-order valence-electron chi connectivity index (χ2n) is 5.81. The zero-order valence-electron chi connectivity index (χ0n) is 11.5. The van der Waals surface area contributed by atoms with Crippen LogP contribution in [0.2, 0.25) is 5.02 Å². The molecule has 19 heavy (non-hydrogen) atoms. The van der Waals surface area contributed by atoms with Crippen LogP contribution in [0.3, 0.4) is 0 Å². The van der Waals surface area contributed by atoms with E-state index in [0.717, 1.165) is 0 Å². The minimum atomic E-state index is -0.437. The maximum atomic E-state index is 12.9. The molecule has 0 spiro atoms. The van der Waals surface area contributed by atoms with Gasteiger partial charge < -0.3 is 11.1 Å². The minimum absolute atomic E-state index is 0.00790.